The Labute approximate surface area is 118 Å². The van der Waals surface area contributed by atoms with Crippen LogP contribution in [0.3, 0.4) is 0 Å². The Bertz CT molecular complexity index is 522. The molecule has 1 N–H and O–H groups in total. The Hall–Kier alpha value is -1.85. The van der Waals surface area contributed by atoms with Crippen LogP contribution in [-0.2, 0) is 11.3 Å². The van der Waals surface area contributed by atoms with Crippen LogP contribution in [0.2, 0.25) is 0 Å². The second kappa shape index (κ2) is 7.07. The minimum absolute atomic E-state index is 0.279. The molecule has 0 aliphatic rings. The van der Waals surface area contributed by atoms with E-state index in [9.17, 15) is 0 Å². The molecule has 2 aromatic rings. The van der Waals surface area contributed by atoms with E-state index in [1.54, 1.807) is 14.2 Å². The van der Waals surface area contributed by atoms with Crippen molar-refractivity contribution in [2.75, 3.05) is 20.8 Å². The fourth-order valence-corrected chi connectivity index (χ4v) is 1.87. The molecule has 0 saturated carbocycles. The molecule has 0 saturated heterocycles. The van der Waals surface area contributed by atoms with Crippen molar-refractivity contribution in [3.63, 3.8) is 0 Å². The number of aromatic nitrogens is 1. The lowest BCUT2D eigenvalue weighted by molar-refractivity contribution is 0.171. The van der Waals surface area contributed by atoms with E-state index in [1.807, 2.05) is 30.3 Å². The van der Waals surface area contributed by atoms with Crippen LogP contribution in [-0.4, -0.2) is 32.0 Å². The normalized spacial score (nSPS) is 12.3. The van der Waals surface area contributed by atoms with Crippen molar-refractivity contribution < 1.29 is 14.0 Å². The van der Waals surface area contributed by atoms with E-state index >= 15 is 0 Å². The van der Waals surface area contributed by atoms with E-state index < -0.39 is 0 Å². The summed E-state index contributed by atoms with van der Waals surface area (Å²) in [5.41, 5.74) is 1.85. The van der Waals surface area contributed by atoms with E-state index in [0.717, 1.165) is 22.8 Å². The summed E-state index contributed by atoms with van der Waals surface area (Å²) < 4.78 is 15.6. The number of ether oxygens (including phenoxy) is 2. The number of nitrogens with zero attached hydrogens (tertiary/aromatic N) is 1. The van der Waals surface area contributed by atoms with Gasteiger partial charge in [-0.3, -0.25) is 0 Å². The average Bonchev–Trinajstić information content (AvgIpc) is 2.94. The lowest BCUT2D eigenvalue weighted by atomic mass is 10.1. The average molecular weight is 276 g/mol. The van der Waals surface area contributed by atoms with E-state index in [2.05, 4.69) is 17.4 Å². The molecule has 108 valence electrons. The minimum Gasteiger partial charge on any atom is -0.497 e. The first-order chi connectivity index (χ1) is 9.72. The molecule has 5 heteroatoms. The first-order valence-electron chi connectivity index (χ1n) is 6.55. The smallest absolute Gasteiger partial charge is 0.167 e. The number of benzene rings is 1. The molecule has 0 unspecified atom stereocenters. The predicted octanol–water partition coefficient (Wildman–Crippen LogP) is 2.47. The van der Waals surface area contributed by atoms with Crippen LogP contribution in [0.25, 0.3) is 11.3 Å². The van der Waals surface area contributed by atoms with Crippen molar-refractivity contribution in [1.29, 1.82) is 0 Å². The second-order valence-corrected chi connectivity index (χ2v) is 4.65. The summed E-state index contributed by atoms with van der Waals surface area (Å²) in [7, 11) is 3.34. The van der Waals surface area contributed by atoms with Gasteiger partial charge in [0.2, 0.25) is 0 Å². The van der Waals surface area contributed by atoms with Crippen LogP contribution < -0.4 is 10.1 Å². The summed E-state index contributed by atoms with van der Waals surface area (Å²) in [6.07, 6.45) is 0. The molecule has 1 aromatic heterocycles. The Kier molecular flexibility index (Phi) is 5.15. The molecule has 1 atom stereocenters. The molecule has 5 nitrogen and oxygen atoms in total. The fourth-order valence-electron chi connectivity index (χ4n) is 1.87. The standard InChI is InChI=1S/C15H20N2O3/c1-11(10-18-2)16-9-13-8-15(20-17-13)12-4-6-14(19-3)7-5-12/h4-8,11,16H,9-10H2,1-3H3/t11-/m1/s1. The lowest BCUT2D eigenvalue weighted by Crippen LogP contribution is -2.29. The van der Waals surface area contributed by atoms with E-state index in [-0.39, 0.29) is 6.04 Å². The highest BCUT2D eigenvalue weighted by Crippen LogP contribution is 2.22. The molecule has 1 heterocycles. The number of nitrogens with one attached hydrogen (secondary N) is 1. The van der Waals surface area contributed by atoms with E-state index in [0.29, 0.717) is 13.2 Å². The quantitative estimate of drug-likeness (QED) is 0.842. The van der Waals surface area contributed by atoms with Gasteiger partial charge < -0.3 is 19.3 Å². The van der Waals surface area contributed by atoms with Crippen molar-refractivity contribution in [1.82, 2.24) is 10.5 Å². The van der Waals surface area contributed by atoms with Gasteiger partial charge in [-0.25, -0.2) is 0 Å². The van der Waals surface area contributed by atoms with Gasteiger partial charge in [0.15, 0.2) is 5.76 Å². The SMILES string of the molecule is COC[C@@H](C)NCc1cc(-c2ccc(OC)cc2)on1. The Morgan fingerprint density at radius 2 is 2.00 bits per heavy atom. The van der Waals surface area contributed by atoms with Gasteiger partial charge >= 0.3 is 0 Å². The first kappa shape index (κ1) is 14.6. The number of hydrogen-bond acceptors (Lipinski definition) is 5. The van der Waals surface area contributed by atoms with Crippen LogP contribution in [0.1, 0.15) is 12.6 Å². The number of hydrogen-bond donors (Lipinski definition) is 1. The molecule has 0 amide bonds. The molecule has 0 aliphatic heterocycles. The van der Waals surface area contributed by atoms with Gasteiger partial charge in [-0.2, -0.15) is 0 Å². The van der Waals surface area contributed by atoms with Crippen molar-refractivity contribution in [3.05, 3.63) is 36.0 Å². The third-order valence-electron chi connectivity index (χ3n) is 2.98. The van der Waals surface area contributed by atoms with Crippen LogP contribution in [0.15, 0.2) is 34.9 Å². The van der Waals surface area contributed by atoms with Gasteiger partial charge in [0, 0.05) is 31.3 Å². The highest BCUT2D eigenvalue weighted by molar-refractivity contribution is 5.58. The zero-order valence-corrected chi connectivity index (χ0v) is 12.1. The molecule has 2 rings (SSSR count). The highest BCUT2D eigenvalue weighted by Gasteiger charge is 2.08. The van der Waals surface area contributed by atoms with Gasteiger partial charge in [0.05, 0.1) is 19.4 Å². The van der Waals surface area contributed by atoms with Gasteiger partial charge in [-0.05, 0) is 31.2 Å². The molecular weight excluding hydrogens is 256 g/mol. The maximum atomic E-state index is 5.35. The molecular formula is C15H20N2O3. The van der Waals surface area contributed by atoms with Crippen LogP contribution in [0, 0.1) is 0 Å². The summed E-state index contributed by atoms with van der Waals surface area (Å²) in [6, 6.07) is 9.91. The van der Waals surface area contributed by atoms with Crippen molar-refractivity contribution in [2.45, 2.75) is 19.5 Å². The molecule has 0 bridgehead atoms. The van der Waals surface area contributed by atoms with Crippen LogP contribution in [0.5, 0.6) is 5.75 Å². The van der Waals surface area contributed by atoms with E-state index in [1.165, 1.54) is 0 Å². The van der Waals surface area contributed by atoms with Crippen molar-refractivity contribution in [2.24, 2.45) is 0 Å². The van der Waals surface area contributed by atoms with E-state index in [4.69, 9.17) is 14.0 Å². The zero-order valence-electron chi connectivity index (χ0n) is 12.1. The summed E-state index contributed by atoms with van der Waals surface area (Å²) >= 11 is 0. The lowest BCUT2D eigenvalue weighted by Gasteiger charge is -2.10. The van der Waals surface area contributed by atoms with Crippen molar-refractivity contribution in [3.8, 4) is 17.1 Å². The maximum absolute atomic E-state index is 5.35. The van der Waals surface area contributed by atoms with Gasteiger partial charge in [0.1, 0.15) is 5.75 Å². The second-order valence-electron chi connectivity index (χ2n) is 4.65. The molecule has 0 spiro atoms. The first-order valence-corrected chi connectivity index (χ1v) is 6.55. The maximum Gasteiger partial charge on any atom is 0.167 e. The third kappa shape index (κ3) is 3.82. The summed E-state index contributed by atoms with van der Waals surface area (Å²) in [5, 5.41) is 7.37. The summed E-state index contributed by atoms with van der Waals surface area (Å²) in [4.78, 5) is 0. The summed E-state index contributed by atoms with van der Waals surface area (Å²) in [6.45, 7) is 3.39. The predicted molar refractivity (Wildman–Crippen MR) is 76.7 cm³/mol. The molecule has 1 aromatic carbocycles. The molecule has 20 heavy (non-hydrogen) atoms. The van der Waals surface area contributed by atoms with Gasteiger partial charge in [-0.15, -0.1) is 0 Å². The summed E-state index contributed by atoms with van der Waals surface area (Å²) in [5.74, 6) is 1.58. The van der Waals surface area contributed by atoms with Gasteiger partial charge in [-0.1, -0.05) is 5.16 Å². The third-order valence-corrected chi connectivity index (χ3v) is 2.98. The molecule has 0 fully saturated rings. The minimum atomic E-state index is 0.279. The molecule has 0 aliphatic carbocycles. The zero-order chi connectivity index (χ0) is 14.4. The highest BCUT2D eigenvalue weighted by atomic mass is 16.5. The number of methoxy groups -OCH3 is 2. The van der Waals surface area contributed by atoms with Gasteiger partial charge in [0.25, 0.3) is 0 Å². The Morgan fingerprint density at radius 1 is 1.25 bits per heavy atom. The Morgan fingerprint density at radius 3 is 2.65 bits per heavy atom. The molecule has 0 radical (unpaired) electrons. The Balaban J connectivity index is 1.97. The van der Waals surface area contributed by atoms with Crippen LogP contribution in [0.4, 0.5) is 0 Å². The van der Waals surface area contributed by atoms with Crippen molar-refractivity contribution >= 4 is 0 Å². The number of rotatable bonds is 7. The largest absolute Gasteiger partial charge is 0.497 e. The topological polar surface area (TPSA) is 56.5 Å². The monoisotopic (exact) mass is 276 g/mol. The fraction of sp³-hybridized carbons (Fsp3) is 0.400. The van der Waals surface area contributed by atoms with Crippen LogP contribution >= 0.6 is 0 Å².